The summed E-state index contributed by atoms with van der Waals surface area (Å²) in [6, 6.07) is 24.9. The van der Waals surface area contributed by atoms with Crippen LogP contribution < -0.4 is 0 Å². The van der Waals surface area contributed by atoms with Crippen molar-refractivity contribution in [3.8, 4) is 0 Å². The summed E-state index contributed by atoms with van der Waals surface area (Å²) in [6.45, 7) is 10.2. The van der Waals surface area contributed by atoms with Crippen LogP contribution in [0.25, 0.3) is 21.8 Å². The monoisotopic (exact) mass is 423 g/mol. The van der Waals surface area contributed by atoms with Gasteiger partial charge in [-0.15, -0.1) is 0 Å². The van der Waals surface area contributed by atoms with E-state index in [1.807, 2.05) is 51.4 Å². The highest BCUT2D eigenvalue weighted by Gasteiger charge is 1.94. The van der Waals surface area contributed by atoms with Crippen molar-refractivity contribution in [2.75, 3.05) is 0 Å². The van der Waals surface area contributed by atoms with Gasteiger partial charge in [-0.2, -0.15) is 0 Å². The molecule has 0 unspecified atom stereocenters. The molecule has 164 valence electrons. The van der Waals surface area contributed by atoms with Crippen LogP contribution in [0.4, 0.5) is 0 Å². The first kappa shape index (κ1) is 24.7. The van der Waals surface area contributed by atoms with Gasteiger partial charge in [0.2, 0.25) is 0 Å². The van der Waals surface area contributed by atoms with Crippen LogP contribution in [0.1, 0.15) is 35.5 Å². The molecule has 3 nitrogen and oxygen atoms in total. The Morgan fingerprint density at radius 2 is 1.19 bits per heavy atom. The van der Waals surface area contributed by atoms with Crippen LogP contribution in [0.15, 0.2) is 85.2 Å². The molecule has 3 aromatic heterocycles. The fraction of sp³-hybridized carbons (Fsp3) is 0.207. The first-order valence-electron chi connectivity index (χ1n) is 10.5. The summed E-state index contributed by atoms with van der Waals surface area (Å²) >= 11 is 0. The van der Waals surface area contributed by atoms with E-state index in [2.05, 4.69) is 83.4 Å². The molecule has 2 aromatic carbocycles. The van der Waals surface area contributed by atoms with E-state index in [9.17, 15) is 0 Å². The summed E-state index contributed by atoms with van der Waals surface area (Å²) < 4.78 is 0. The van der Waals surface area contributed by atoms with Crippen molar-refractivity contribution >= 4 is 21.8 Å². The molecule has 0 atom stereocenters. The van der Waals surface area contributed by atoms with Crippen molar-refractivity contribution in [3.05, 3.63) is 113 Å². The molecule has 0 N–H and O–H groups in total. The van der Waals surface area contributed by atoms with Crippen molar-refractivity contribution in [1.82, 2.24) is 15.0 Å². The second-order valence-corrected chi connectivity index (χ2v) is 7.83. The first-order chi connectivity index (χ1) is 14.9. The number of nitrogens with zero attached hydrogens (tertiary/aromatic N) is 3. The van der Waals surface area contributed by atoms with Gasteiger partial charge < -0.3 is 0 Å². The molecule has 0 radical (unpaired) electrons. The molecule has 0 aliphatic heterocycles. The lowest BCUT2D eigenvalue weighted by Crippen LogP contribution is -1.82. The predicted molar refractivity (Wildman–Crippen MR) is 138 cm³/mol. The fourth-order valence-electron chi connectivity index (χ4n) is 3.07. The molecule has 5 rings (SSSR count). The fourth-order valence-corrected chi connectivity index (χ4v) is 3.07. The zero-order valence-corrected chi connectivity index (χ0v) is 18.9. The largest absolute Gasteiger partial charge is 0.261 e. The number of rotatable bonds is 0. The minimum atomic E-state index is 0. The highest BCUT2D eigenvalue weighted by Crippen LogP contribution is 2.14. The topological polar surface area (TPSA) is 38.7 Å². The van der Waals surface area contributed by atoms with Gasteiger partial charge in [0, 0.05) is 34.6 Å². The molecule has 32 heavy (non-hydrogen) atoms. The van der Waals surface area contributed by atoms with Gasteiger partial charge >= 0.3 is 0 Å². The first-order valence-corrected chi connectivity index (χ1v) is 10.5. The third kappa shape index (κ3) is 7.28. The molecular weight excluding hydrogens is 390 g/mol. The SMILES string of the molecule is C.Cc1ccc(C)nc1.Cc1ccc2cccnc2c1.Cc1ccc2nc(C)ccc2c1. The van der Waals surface area contributed by atoms with Crippen LogP contribution >= 0.6 is 0 Å². The Morgan fingerprint density at radius 3 is 1.91 bits per heavy atom. The summed E-state index contributed by atoms with van der Waals surface area (Å²) in [6.07, 6.45) is 3.69. The second-order valence-electron chi connectivity index (χ2n) is 7.83. The third-order valence-electron chi connectivity index (χ3n) is 4.80. The van der Waals surface area contributed by atoms with Gasteiger partial charge in [-0.25, -0.2) is 0 Å². The molecule has 0 saturated carbocycles. The second kappa shape index (κ2) is 11.7. The van der Waals surface area contributed by atoms with Crippen molar-refractivity contribution in [3.63, 3.8) is 0 Å². The lowest BCUT2D eigenvalue weighted by atomic mass is 10.1. The van der Waals surface area contributed by atoms with Crippen LogP contribution in [-0.4, -0.2) is 15.0 Å². The van der Waals surface area contributed by atoms with Crippen molar-refractivity contribution in [2.45, 2.75) is 42.0 Å². The third-order valence-corrected chi connectivity index (χ3v) is 4.80. The van der Waals surface area contributed by atoms with E-state index < -0.39 is 0 Å². The van der Waals surface area contributed by atoms with E-state index in [-0.39, 0.29) is 7.43 Å². The van der Waals surface area contributed by atoms with Gasteiger partial charge in [-0.1, -0.05) is 49.4 Å². The van der Waals surface area contributed by atoms with Crippen molar-refractivity contribution < 1.29 is 0 Å². The highest BCUT2D eigenvalue weighted by molar-refractivity contribution is 5.79. The highest BCUT2D eigenvalue weighted by atomic mass is 14.7. The van der Waals surface area contributed by atoms with E-state index in [0.717, 1.165) is 22.4 Å². The Morgan fingerprint density at radius 1 is 0.531 bits per heavy atom. The Kier molecular flexibility index (Phi) is 9.03. The number of aromatic nitrogens is 3. The lowest BCUT2D eigenvalue weighted by Gasteiger charge is -1.99. The maximum absolute atomic E-state index is 4.42. The molecule has 0 aliphatic carbocycles. The van der Waals surface area contributed by atoms with E-state index >= 15 is 0 Å². The molecule has 5 aromatic rings. The zero-order valence-electron chi connectivity index (χ0n) is 18.9. The van der Waals surface area contributed by atoms with Gasteiger partial charge in [0.25, 0.3) is 0 Å². The van der Waals surface area contributed by atoms with Crippen LogP contribution in [0.2, 0.25) is 0 Å². The van der Waals surface area contributed by atoms with E-state index in [0.29, 0.717) is 0 Å². The molecule has 0 saturated heterocycles. The minimum Gasteiger partial charge on any atom is -0.261 e. The van der Waals surface area contributed by atoms with Gasteiger partial charge in [0.15, 0.2) is 0 Å². The zero-order chi connectivity index (χ0) is 22.2. The van der Waals surface area contributed by atoms with Crippen LogP contribution in [-0.2, 0) is 0 Å². The number of benzene rings is 2. The molecule has 0 aliphatic rings. The quantitative estimate of drug-likeness (QED) is 0.256. The maximum atomic E-state index is 4.42. The predicted octanol–water partition coefficient (Wildman–Crippen LogP) is 7.73. The number of fused-ring (bicyclic) bond motifs is 2. The Balaban J connectivity index is 0.000000171. The Labute approximate surface area is 192 Å². The van der Waals surface area contributed by atoms with Crippen LogP contribution in [0.3, 0.4) is 0 Å². The number of hydrogen-bond donors (Lipinski definition) is 0. The standard InChI is InChI=1S/C11H11N.C10H9N.C7H9N.CH4/c1-8-3-6-11-10(7-8)5-4-9(2)12-11;1-8-4-5-9-3-2-6-11-10(9)7-8;1-6-3-4-7(2)8-5-6;/h3-7H,1-2H3;2-7H,1H3;3-5H,1-2H3;1H4. The Hall–Kier alpha value is -3.59. The van der Waals surface area contributed by atoms with Gasteiger partial charge in [0.1, 0.15) is 0 Å². The van der Waals surface area contributed by atoms with Gasteiger partial charge in [-0.05, 0) is 82.1 Å². The summed E-state index contributed by atoms with van der Waals surface area (Å²) in [4.78, 5) is 12.7. The van der Waals surface area contributed by atoms with Gasteiger partial charge in [0.05, 0.1) is 11.0 Å². The van der Waals surface area contributed by atoms with Crippen LogP contribution in [0, 0.1) is 34.6 Å². The average Bonchev–Trinajstić information content (AvgIpc) is 2.77. The lowest BCUT2D eigenvalue weighted by molar-refractivity contribution is 1.17. The summed E-state index contributed by atoms with van der Waals surface area (Å²) in [5, 5.41) is 2.43. The number of hydrogen-bond acceptors (Lipinski definition) is 3. The number of pyridine rings is 3. The maximum Gasteiger partial charge on any atom is 0.0705 e. The minimum absolute atomic E-state index is 0. The average molecular weight is 424 g/mol. The van der Waals surface area contributed by atoms with E-state index in [1.54, 1.807) is 0 Å². The van der Waals surface area contributed by atoms with Crippen molar-refractivity contribution in [1.29, 1.82) is 0 Å². The van der Waals surface area contributed by atoms with Crippen LogP contribution in [0.5, 0.6) is 0 Å². The molecule has 0 bridgehead atoms. The summed E-state index contributed by atoms with van der Waals surface area (Å²) in [7, 11) is 0. The molecule has 0 fully saturated rings. The van der Waals surface area contributed by atoms with E-state index in [4.69, 9.17) is 0 Å². The summed E-state index contributed by atoms with van der Waals surface area (Å²) in [5.74, 6) is 0. The van der Waals surface area contributed by atoms with E-state index in [1.165, 1.54) is 27.5 Å². The normalized spacial score (nSPS) is 9.78. The Bertz CT molecular complexity index is 1210. The molecule has 3 heterocycles. The molecular formula is C29H33N3. The smallest absolute Gasteiger partial charge is 0.0705 e. The van der Waals surface area contributed by atoms with Gasteiger partial charge in [-0.3, -0.25) is 15.0 Å². The van der Waals surface area contributed by atoms with Crippen molar-refractivity contribution in [2.24, 2.45) is 0 Å². The number of aryl methyl sites for hydroxylation is 5. The summed E-state index contributed by atoms with van der Waals surface area (Å²) in [5.41, 5.74) is 8.08. The molecule has 3 heteroatoms. The molecule has 0 spiro atoms. The molecule has 0 amide bonds.